The van der Waals surface area contributed by atoms with Crippen molar-refractivity contribution in [1.29, 1.82) is 0 Å². The van der Waals surface area contributed by atoms with Crippen LogP contribution in [-0.4, -0.2) is 16.8 Å². The van der Waals surface area contributed by atoms with E-state index in [1.54, 1.807) is 0 Å². The van der Waals surface area contributed by atoms with Gasteiger partial charge in [0.15, 0.2) is 5.15 Å². The average molecular weight is 187 g/mol. The van der Waals surface area contributed by atoms with Crippen molar-refractivity contribution < 1.29 is 4.74 Å². The topological polar surface area (TPSA) is 35.0 Å². The maximum absolute atomic E-state index is 5.76. The Hall–Kier alpha value is -0.830. The van der Waals surface area contributed by atoms with Gasteiger partial charge in [-0.3, -0.25) is 0 Å². The lowest BCUT2D eigenvalue weighted by atomic mass is 10.2. The number of hydrogen-bond acceptors (Lipinski definition) is 3. The van der Waals surface area contributed by atoms with Gasteiger partial charge < -0.3 is 4.74 Å². The van der Waals surface area contributed by atoms with Gasteiger partial charge in [0.2, 0.25) is 5.88 Å². The Balaban J connectivity index is 3.08. The first kappa shape index (κ1) is 9.26. The molecule has 0 saturated heterocycles. The lowest BCUT2D eigenvalue weighted by Gasteiger charge is -2.07. The van der Waals surface area contributed by atoms with Crippen LogP contribution in [0.25, 0.3) is 0 Å². The second-order valence-corrected chi connectivity index (χ2v) is 2.84. The Morgan fingerprint density at radius 1 is 1.25 bits per heavy atom. The van der Waals surface area contributed by atoms with Gasteiger partial charge in [0.1, 0.15) is 0 Å². The summed E-state index contributed by atoms with van der Waals surface area (Å²) in [5, 5.41) is 8.01. The summed E-state index contributed by atoms with van der Waals surface area (Å²) in [4.78, 5) is 0. The van der Waals surface area contributed by atoms with Crippen molar-refractivity contribution in [3.63, 3.8) is 0 Å². The van der Waals surface area contributed by atoms with Gasteiger partial charge in [-0.25, -0.2) is 0 Å². The summed E-state index contributed by atoms with van der Waals surface area (Å²) >= 11 is 5.76. The molecule has 3 nitrogen and oxygen atoms in total. The molecular weight excluding hydrogens is 176 g/mol. The van der Waals surface area contributed by atoms with Gasteiger partial charge in [-0.05, 0) is 26.3 Å². The molecule has 0 bridgehead atoms. The van der Waals surface area contributed by atoms with E-state index in [2.05, 4.69) is 10.2 Å². The number of rotatable bonds is 2. The standard InChI is InChI=1S/C8H11ClN2O/c1-4-12-8-6(3)5(2)7(9)10-11-8/h4H2,1-3H3. The van der Waals surface area contributed by atoms with Crippen molar-refractivity contribution >= 4 is 11.6 Å². The molecule has 1 rings (SSSR count). The van der Waals surface area contributed by atoms with E-state index in [0.29, 0.717) is 17.6 Å². The van der Waals surface area contributed by atoms with E-state index >= 15 is 0 Å². The van der Waals surface area contributed by atoms with Crippen molar-refractivity contribution in [3.8, 4) is 5.88 Å². The summed E-state index contributed by atoms with van der Waals surface area (Å²) in [6.07, 6.45) is 0. The summed E-state index contributed by atoms with van der Waals surface area (Å²) in [5.74, 6) is 0.569. The zero-order valence-electron chi connectivity index (χ0n) is 7.39. The Bertz CT molecular complexity index is 289. The normalized spacial score (nSPS) is 10.0. The van der Waals surface area contributed by atoms with Crippen LogP contribution in [0.4, 0.5) is 0 Å². The lowest BCUT2D eigenvalue weighted by Crippen LogP contribution is -2.01. The van der Waals surface area contributed by atoms with Gasteiger partial charge >= 0.3 is 0 Å². The van der Waals surface area contributed by atoms with E-state index < -0.39 is 0 Å². The molecule has 66 valence electrons. The third-order valence-corrected chi connectivity index (χ3v) is 2.06. The molecule has 1 heterocycles. The number of halogens is 1. The third-order valence-electron chi connectivity index (χ3n) is 1.70. The Morgan fingerprint density at radius 2 is 1.92 bits per heavy atom. The first-order valence-corrected chi connectivity index (χ1v) is 4.16. The molecule has 0 atom stereocenters. The van der Waals surface area contributed by atoms with E-state index in [9.17, 15) is 0 Å². The molecule has 0 saturated carbocycles. The van der Waals surface area contributed by atoms with Gasteiger partial charge in [-0.1, -0.05) is 11.6 Å². The van der Waals surface area contributed by atoms with E-state index in [-0.39, 0.29) is 0 Å². The van der Waals surface area contributed by atoms with Gasteiger partial charge in [0.05, 0.1) is 6.61 Å². The fourth-order valence-electron chi connectivity index (χ4n) is 0.828. The van der Waals surface area contributed by atoms with Gasteiger partial charge in [0, 0.05) is 5.56 Å². The van der Waals surface area contributed by atoms with Crippen LogP contribution in [0.3, 0.4) is 0 Å². The molecule has 0 radical (unpaired) electrons. The lowest BCUT2D eigenvalue weighted by molar-refractivity contribution is 0.319. The molecule has 12 heavy (non-hydrogen) atoms. The number of nitrogens with zero attached hydrogens (tertiary/aromatic N) is 2. The predicted molar refractivity (Wildman–Crippen MR) is 47.7 cm³/mol. The average Bonchev–Trinajstić information content (AvgIpc) is 2.07. The highest BCUT2D eigenvalue weighted by atomic mass is 35.5. The maximum atomic E-state index is 5.76. The summed E-state index contributed by atoms with van der Waals surface area (Å²) in [5.41, 5.74) is 1.88. The van der Waals surface area contributed by atoms with Crippen LogP contribution in [0, 0.1) is 13.8 Å². The second-order valence-electron chi connectivity index (χ2n) is 2.48. The molecule has 0 aliphatic carbocycles. The predicted octanol–water partition coefficient (Wildman–Crippen LogP) is 2.15. The largest absolute Gasteiger partial charge is 0.477 e. The van der Waals surface area contributed by atoms with Crippen LogP contribution in [0.1, 0.15) is 18.1 Å². The van der Waals surface area contributed by atoms with E-state index in [4.69, 9.17) is 16.3 Å². The molecular formula is C8H11ClN2O. The summed E-state index contributed by atoms with van der Waals surface area (Å²) in [7, 11) is 0. The molecule has 0 spiro atoms. The van der Waals surface area contributed by atoms with Gasteiger partial charge in [-0.2, -0.15) is 0 Å². The fourth-order valence-corrected chi connectivity index (χ4v) is 1.01. The molecule has 0 N–H and O–H groups in total. The van der Waals surface area contributed by atoms with Crippen LogP contribution in [0.15, 0.2) is 0 Å². The number of hydrogen-bond donors (Lipinski definition) is 0. The zero-order valence-corrected chi connectivity index (χ0v) is 8.14. The first-order chi connectivity index (χ1) is 5.66. The number of aromatic nitrogens is 2. The van der Waals surface area contributed by atoms with Crippen LogP contribution < -0.4 is 4.74 Å². The Labute approximate surface area is 76.7 Å². The molecule has 0 aliphatic rings. The molecule has 1 aromatic heterocycles. The van der Waals surface area contributed by atoms with E-state index in [1.807, 2.05) is 20.8 Å². The molecule has 4 heteroatoms. The van der Waals surface area contributed by atoms with Crippen LogP contribution in [0.5, 0.6) is 5.88 Å². The summed E-state index contributed by atoms with van der Waals surface area (Å²) < 4.78 is 5.24. The summed E-state index contributed by atoms with van der Waals surface area (Å²) in [6, 6.07) is 0. The summed E-state index contributed by atoms with van der Waals surface area (Å²) in [6.45, 7) is 6.32. The van der Waals surface area contributed by atoms with Crippen molar-refractivity contribution in [2.24, 2.45) is 0 Å². The van der Waals surface area contributed by atoms with E-state index in [0.717, 1.165) is 11.1 Å². The minimum atomic E-state index is 0.441. The zero-order chi connectivity index (χ0) is 9.14. The molecule has 0 fully saturated rings. The molecule has 0 amide bonds. The molecule has 0 aliphatic heterocycles. The molecule has 0 aromatic carbocycles. The van der Waals surface area contributed by atoms with E-state index in [1.165, 1.54) is 0 Å². The Kier molecular flexibility index (Phi) is 2.87. The van der Waals surface area contributed by atoms with Gasteiger partial charge in [0.25, 0.3) is 0 Å². The quantitative estimate of drug-likeness (QED) is 0.710. The highest BCUT2D eigenvalue weighted by Gasteiger charge is 2.07. The fraction of sp³-hybridized carbons (Fsp3) is 0.500. The minimum absolute atomic E-state index is 0.441. The van der Waals surface area contributed by atoms with Gasteiger partial charge in [-0.15, -0.1) is 10.2 Å². The smallest absolute Gasteiger partial charge is 0.236 e. The van der Waals surface area contributed by atoms with Crippen molar-refractivity contribution in [1.82, 2.24) is 10.2 Å². The highest BCUT2D eigenvalue weighted by Crippen LogP contribution is 2.21. The first-order valence-electron chi connectivity index (χ1n) is 3.79. The number of ether oxygens (including phenoxy) is 1. The van der Waals surface area contributed by atoms with Crippen LogP contribution in [-0.2, 0) is 0 Å². The van der Waals surface area contributed by atoms with Crippen molar-refractivity contribution in [2.45, 2.75) is 20.8 Å². The molecule has 1 aromatic rings. The van der Waals surface area contributed by atoms with Crippen molar-refractivity contribution in [3.05, 3.63) is 16.3 Å². The minimum Gasteiger partial charge on any atom is -0.477 e. The van der Waals surface area contributed by atoms with Crippen molar-refractivity contribution in [2.75, 3.05) is 6.61 Å². The Morgan fingerprint density at radius 3 is 2.50 bits per heavy atom. The highest BCUT2D eigenvalue weighted by molar-refractivity contribution is 6.30. The van der Waals surface area contributed by atoms with Crippen LogP contribution in [0.2, 0.25) is 5.15 Å². The maximum Gasteiger partial charge on any atom is 0.236 e. The SMILES string of the molecule is CCOc1nnc(Cl)c(C)c1C. The third kappa shape index (κ3) is 1.67. The monoisotopic (exact) mass is 186 g/mol. The second kappa shape index (κ2) is 3.72. The molecule has 0 unspecified atom stereocenters. The van der Waals surface area contributed by atoms with Crippen LogP contribution >= 0.6 is 11.6 Å².